The first-order valence-corrected chi connectivity index (χ1v) is 11.0. The molecule has 11 heteroatoms. The summed E-state index contributed by atoms with van der Waals surface area (Å²) in [5.41, 5.74) is 0.152. The Morgan fingerprint density at radius 1 is 1.04 bits per heavy atom. The molecule has 0 atom stereocenters. The van der Waals surface area contributed by atoms with Gasteiger partial charge < -0.3 is 4.74 Å². The summed E-state index contributed by atoms with van der Waals surface area (Å²) >= 11 is 5.96. The number of carbonyl (C=O) groups is 1. The van der Waals surface area contributed by atoms with Gasteiger partial charge in [0.15, 0.2) is 0 Å². The third-order valence-electron chi connectivity index (χ3n) is 3.39. The molecule has 2 rings (SSSR count). The fourth-order valence-corrected chi connectivity index (χ4v) is 4.77. The van der Waals surface area contributed by atoms with Crippen molar-refractivity contribution in [2.24, 2.45) is 0 Å². The summed E-state index contributed by atoms with van der Waals surface area (Å²) in [7, 11) is -6.60. The number of carbonyl (C=O) groups excluding carboxylic acids is 1. The highest BCUT2D eigenvalue weighted by Crippen LogP contribution is 2.26. The van der Waals surface area contributed by atoms with Crippen LogP contribution < -0.4 is 9.44 Å². The normalized spacial score (nSPS) is 11.8. The third-order valence-corrected chi connectivity index (χ3v) is 6.82. The molecule has 0 aliphatic rings. The van der Waals surface area contributed by atoms with Gasteiger partial charge in [-0.05, 0) is 42.5 Å². The van der Waals surface area contributed by atoms with Crippen LogP contribution in [0.4, 0.5) is 5.69 Å². The summed E-state index contributed by atoms with van der Waals surface area (Å²) in [6, 6.07) is 8.85. The van der Waals surface area contributed by atoms with Crippen molar-refractivity contribution in [1.82, 2.24) is 4.72 Å². The van der Waals surface area contributed by atoms with E-state index < -0.39 is 26.0 Å². The van der Waals surface area contributed by atoms with Gasteiger partial charge in [0.2, 0.25) is 10.0 Å². The van der Waals surface area contributed by atoms with Crippen LogP contribution in [0, 0.1) is 0 Å². The minimum absolute atomic E-state index is 0.00183. The fraction of sp³-hybridized carbons (Fsp3) is 0.188. The van der Waals surface area contributed by atoms with Crippen molar-refractivity contribution in [1.29, 1.82) is 0 Å². The Hall–Kier alpha value is -2.14. The summed E-state index contributed by atoms with van der Waals surface area (Å²) in [6.07, 6.45) is 0. The molecule has 0 aliphatic heterocycles. The van der Waals surface area contributed by atoms with Crippen LogP contribution in [-0.2, 0) is 24.8 Å². The van der Waals surface area contributed by atoms with Crippen LogP contribution in [0.25, 0.3) is 0 Å². The maximum Gasteiger partial charge on any atom is 0.337 e. The number of nitrogens with one attached hydrogen (secondary N) is 2. The number of hydrogen-bond donors (Lipinski definition) is 2. The summed E-state index contributed by atoms with van der Waals surface area (Å²) in [5.74, 6) is -0.707. The van der Waals surface area contributed by atoms with Gasteiger partial charge in [-0.25, -0.2) is 26.4 Å². The summed E-state index contributed by atoms with van der Waals surface area (Å²) in [5, 5.41) is -0.0819. The molecule has 0 bridgehead atoms. The molecule has 0 spiro atoms. The van der Waals surface area contributed by atoms with Crippen molar-refractivity contribution in [3.8, 4) is 0 Å². The Morgan fingerprint density at radius 2 is 1.67 bits per heavy atom. The minimum Gasteiger partial charge on any atom is -0.465 e. The van der Waals surface area contributed by atoms with E-state index in [0.717, 1.165) is 6.07 Å². The van der Waals surface area contributed by atoms with E-state index in [-0.39, 0.29) is 32.6 Å². The van der Waals surface area contributed by atoms with E-state index in [4.69, 9.17) is 11.6 Å². The molecule has 2 aromatic carbocycles. The number of esters is 1. The molecule has 27 heavy (non-hydrogen) atoms. The van der Waals surface area contributed by atoms with Crippen molar-refractivity contribution >= 4 is 43.3 Å². The van der Waals surface area contributed by atoms with Crippen LogP contribution in [0.5, 0.6) is 0 Å². The number of hydrogen-bond acceptors (Lipinski definition) is 6. The Morgan fingerprint density at radius 3 is 2.22 bits per heavy atom. The van der Waals surface area contributed by atoms with Crippen LogP contribution in [0.1, 0.15) is 17.3 Å². The molecule has 0 saturated carbocycles. The number of methoxy groups -OCH3 is 1. The van der Waals surface area contributed by atoms with Crippen molar-refractivity contribution in [2.75, 3.05) is 18.4 Å². The number of sulfonamides is 2. The summed E-state index contributed by atoms with van der Waals surface area (Å²) < 4.78 is 58.2. The molecule has 0 aliphatic carbocycles. The summed E-state index contributed by atoms with van der Waals surface area (Å²) in [6.45, 7) is 1.87. The lowest BCUT2D eigenvalue weighted by atomic mass is 10.2. The van der Waals surface area contributed by atoms with Crippen molar-refractivity contribution < 1.29 is 26.4 Å². The second-order valence-electron chi connectivity index (χ2n) is 5.27. The second kappa shape index (κ2) is 8.26. The number of halogens is 1. The van der Waals surface area contributed by atoms with Gasteiger partial charge in [-0.15, -0.1) is 0 Å². The minimum atomic E-state index is -4.12. The van der Waals surface area contributed by atoms with Gasteiger partial charge in [0, 0.05) is 12.2 Å². The molecular weight excluding hydrogens is 416 g/mol. The molecule has 146 valence electrons. The third kappa shape index (κ3) is 4.98. The highest BCUT2D eigenvalue weighted by molar-refractivity contribution is 7.92. The van der Waals surface area contributed by atoms with E-state index in [0.29, 0.717) is 0 Å². The van der Waals surface area contributed by atoms with E-state index in [1.807, 2.05) is 0 Å². The average Bonchev–Trinajstić information content (AvgIpc) is 2.61. The van der Waals surface area contributed by atoms with Gasteiger partial charge >= 0.3 is 5.97 Å². The Kier molecular flexibility index (Phi) is 6.47. The molecule has 0 aromatic heterocycles. The van der Waals surface area contributed by atoms with Crippen molar-refractivity contribution in [2.45, 2.75) is 16.7 Å². The number of ether oxygens (including phenoxy) is 1. The molecule has 0 unspecified atom stereocenters. The van der Waals surface area contributed by atoms with Crippen LogP contribution in [-0.4, -0.2) is 36.5 Å². The van der Waals surface area contributed by atoms with Gasteiger partial charge in [-0.3, -0.25) is 4.72 Å². The van der Waals surface area contributed by atoms with E-state index in [2.05, 4.69) is 14.2 Å². The largest absolute Gasteiger partial charge is 0.465 e. The van der Waals surface area contributed by atoms with Crippen LogP contribution in [0.3, 0.4) is 0 Å². The standard InChI is InChI=1S/C16H17ClN2O6S2/c1-3-18-26(21,22)13-7-5-12(6-8-13)19-27(23,24)15-10-11(16(20)25-2)4-9-14(15)17/h4-10,18-19H,3H2,1-2H3. The fourth-order valence-electron chi connectivity index (χ4n) is 2.14. The molecule has 2 aromatic rings. The molecule has 8 nitrogen and oxygen atoms in total. The maximum atomic E-state index is 12.6. The molecular formula is C16H17ClN2O6S2. The molecule has 0 radical (unpaired) electrons. The Labute approximate surface area is 162 Å². The predicted octanol–water partition coefficient (Wildman–Crippen LogP) is 2.23. The van der Waals surface area contributed by atoms with Gasteiger partial charge in [0.05, 0.1) is 22.6 Å². The quantitative estimate of drug-likeness (QED) is 0.647. The van der Waals surface area contributed by atoms with Crippen LogP contribution >= 0.6 is 11.6 Å². The monoisotopic (exact) mass is 432 g/mol. The van der Waals surface area contributed by atoms with E-state index in [9.17, 15) is 21.6 Å². The number of benzene rings is 2. The average molecular weight is 433 g/mol. The lowest BCUT2D eigenvalue weighted by Crippen LogP contribution is -2.23. The van der Waals surface area contributed by atoms with E-state index in [1.165, 1.54) is 43.5 Å². The van der Waals surface area contributed by atoms with Crippen molar-refractivity contribution in [3.05, 3.63) is 53.1 Å². The van der Waals surface area contributed by atoms with Crippen LogP contribution in [0.15, 0.2) is 52.3 Å². The highest BCUT2D eigenvalue weighted by Gasteiger charge is 2.21. The van der Waals surface area contributed by atoms with Gasteiger partial charge in [0.25, 0.3) is 10.0 Å². The zero-order chi connectivity index (χ0) is 20.2. The lowest BCUT2D eigenvalue weighted by molar-refractivity contribution is 0.0600. The van der Waals surface area contributed by atoms with Crippen LogP contribution in [0.2, 0.25) is 5.02 Å². The molecule has 0 amide bonds. The lowest BCUT2D eigenvalue weighted by Gasteiger charge is -2.11. The summed E-state index contributed by atoms with van der Waals surface area (Å²) in [4.78, 5) is 11.3. The topological polar surface area (TPSA) is 119 Å². The molecule has 0 saturated heterocycles. The van der Waals surface area contributed by atoms with Gasteiger partial charge in [-0.1, -0.05) is 18.5 Å². The van der Waals surface area contributed by atoms with Gasteiger partial charge in [0.1, 0.15) is 4.90 Å². The Balaban J connectivity index is 2.33. The van der Waals surface area contributed by atoms with Gasteiger partial charge in [-0.2, -0.15) is 0 Å². The number of rotatable bonds is 7. The first-order valence-electron chi connectivity index (χ1n) is 7.61. The van der Waals surface area contributed by atoms with Crippen molar-refractivity contribution in [3.63, 3.8) is 0 Å². The molecule has 0 heterocycles. The van der Waals surface area contributed by atoms with E-state index >= 15 is 0 Å². The second-order valence-corrected chi connectivity index (χ2v) is 9.09. The smallest absolute Gasteiger partial charge is 0.337 e. The Bertz CT molecular complexity index is 1050. The first-order chi connectivity index (χ1) is 12.6. The zero-order valence-corrected chi connectivity index (χ0v) is 16.8. The van der Waals surface area contributed by atoms with E-state index in [1.54, 1.807) is 6.92 Å². The zero-order valence-electron chi connectivity index (χ0n) is 14.4. The highest BCUT2D eigenvalue weighted by atomic mass is 35.5. The predicted molar refractivity (Wildman–Crippen MR) is 101 cm³/mol. The number of anilines is 1. The first kappa shape index (κ1) is 21.2. The molecule has 0 fully saturated rings. The maximum absolute atomic E-state index is 12.6. The SMILES string of the molecule is CCNS(=O)(=O)c1ccc(NS(=O)(=O)c2cc(C(=O)OC)ccc2Cl)cc1. The molecule has 2 N–H and O–H groups in total.